The highest BCUT2D eigenvalue weighted by atomic mass is 16.1. The maximum absolute atomic E-state index is 11.8. The normalized spacial score (nSPS) is 33.9. The van der Waals surface area contributed by atoms with Gasteiger partial charge in [-0.3, -0.25) is 4.79 Å². The lowest BCUT2D eigenvalue weighted by Gasteiger charge is -2.19. The first-order chi connectivity index (χ1) is 7.75. The molecule has 2 aliphatic rings. The summed E-state index contributed by atoms with van der Waals surface area (Å²) in [5, 5.41) is 3.09. The molecule has 1 amide bonds. The fourth-order valence-corrected chi connectivity index (χ4v) is 2.69. The average Bonchev–Trinajstić information content (AvgIpc) is 2.74. The number of amides is 1. The predicted octanol–water partition coefficient (Wildman–Crippen LogP) is 1.59. The Morgan fingerprint density at radius 1 is 1.31 bits per heavy atom. The topological polar surface area (TPSA) is 55.1 Å². The molecule has 0 aliphatic heterocycles. The first kappa shape index (κ1) is 11.6. The van der Waals surface area contributed by atoms with E-state index >= 15 is 0 Å². The molecule has 3 N–H and O–H groups in total. The van der Waals surface area contributed by atoms with Crippen LogP contribution in [0.1, 0.15) is 38.5 Å². The second kappa shape index (κ2) is 5.48. The molecule has 2 rings (SSSR count). The zero-order valence-corrected chi connectivity index (χ0v) is 9.82. The van der Waals surface area contributed by atoms with Gasteiger partial charge >= 0.3 is 0 Å². The summed E-state index contributed by atoms with van der Waals surface area (Å²) in [6, 6.07) is 0.244. The molecule has 2 aliphatic carbocycles. The molecule has 3 nitrogen and oxygen atoms in total. The third kappa shape index (κ3) is 3.08. The number of nitrogens with one attached hydrogen (secondary N) is 1. The van der Waals surface area contributed by atoms with Crippen molar-refractivity contribution in [3.8, 4) is 0 Å². The second-order valence-electron chi connectivity index (χ2n) is 5.17. The fourth-order valence-electron chi connectivity index (χ4n) is 2.69. The highest BCUT2D eigenvalue weighted by Gasteiger charge is 2.27. The van der Waals surface area contributed by atoms with E-state index in [1.165, 1.54) is 6.42 Å². The van der Waals surface area contributed by atoms with Gasteiger partial charge in [0.15, 0.2) is 0 Å². The van der Waals surface area contributed by atoms with Gasteiger partial charge in [0.05, 0.1) is 0 Å². The maximum Gasteiger partial charge on any atom is 0.223 e. The zero-order valence-electron chi connectivity index (χ0n) is 9.82. The van der Waals surface area contributed by atoms with Gasteiger partial charge in [-0.15, -0.1) is 0 Å². The van der Waals surface area contributed by atoms with Crippen LogP contribution < -0.4 is 11.1 Å². The van der Waals surface area contributed by atoms with E-state index in [0.29, 0.717) is 5.92 Å². The molecule has 0 aromatic carbocycles. The minimum absolute atomic E-state index is 0.175. The Kier molecular flexibility index (Phi) is 3.99. The van der Waals surface area contributed by atoms with Gasteiger partial charge in [0, 0.05) is 18.5 Å². The Balaban J connectivity index is 1.69. The number of nitrogens with two attached hydrogens (primary N) is 1. The van der Waals surface area contributed by atoms with Gasteiger partial charge in [-0.05, 0) is 44.4 Å². The molecule has 0 bridgehead atoms. The summed E-state index contributed by atoms with van der Waals surface area (Å²) in [6.07, 6.45) is 10.8. The van der Waals surface area contributed by atoms with Gasteiger partial charge in [-0.1, -0.05) is 12.2 Å². The molecule has 3 atom stereocenters. The van der Waals surface area contributed by atoms with Crippen molar-refractivity contribution in [2.75, 3.05) is 6.54 Å². The minimum atomic E-state index is 0.175. The number of carbonyl (C=O) groups is 1. The van der Waals surface area contributed by atoms with E-state index in [1.54, 1.807) is 0 Å². The second-order valence-corrected chi connectivity index (χ2v) is 5.17. The van der Waals surface area contributed by atoms with E-state index in [9.17, 15) is 4.79 Å². The predicted molar refractivity (Wildman–Crippen MR) is 64.8 cm³/mol. The Morgan fingerprint density at radius 2 is 2.19 bits per heavy atom. The first-order valence-corrected chi connectivity index (χ1v) is 6.44. The van der Waals surface area contributed by atoms with E-state index in [-0.39, 0.29) is 17.9 Å². The van der Waals surface area contributed by atoms with Gasteiger partial charge < -0.3 is 11.1 Å². The molecule has 3 heteroatoms. The van der Waals surface area contributed by atoms with Gasteiger partial charge in [0.2, 0.25) is 5.91 Å². The van der Waals surface area contributed by atoms with E-state index < -0.39 is 0 Å². The SMILES string of the molecule is NC1CCC(C(=O)NCC2CC=CCC2)C1. The standard InChI is InChI=1S/C13H22N2O/c14-12-7-6-11(8-12)13(16)15-9-10-4-2-1-3-5-10/h1-2,10-12H,3-9,14H2,(H,15,16). The number of hydrogen-bond donors (Lipinski definition) is 2. The minimum Gasteiger partial charge on any atom is -0.356 e. The molecular weight excluding hydrogens is 200 g/mol. The first-order valence-electron chi connectivity index (χ1n) is 6.44. The zero-order chi connectivity index (χ0) is 11.4. The van der Waals surface area contributed by atoms with Crippen LogP contribution in [0.25, 0.3) is 0 Å². The van der Waals surface area contributed by atoms with Crippen molar-refractivity contribution in [3.63, 3.8) is 0 Å². The summed E-state index contributed by atoms with van der Waals surface area (Å²) in [6.45, 7) is 0.842. The highest BCUT2D eigenvalue weighted by molar-refractivity contribution is 5.79. The van der Waals surface area contributed by atoms with Crippen LogP contribution in [0.4, 0.5) is 0 Å². The van der Waals surface area contributed by atoms with Crippen molar-refractivity contribution in [2.45, 2.75) is 44.6 Å². The quantitative estimate of drug-likeness (QED) is 0.712. The van der Waals surface area contributed by atoms with Crippen molar-refractivity contribution in [1.82, 2.24) is 5.32 Å². The van der Waals surface area contributed by atoms with Gasteiger partial charge in [0.1, 0.15) is 0 Å². The lowest BCUT2D eigenvalue weighted by molar-refractivity contribution is -0.125. The highest BCUT2D eigenvalue weighted by Crippen LogP contribution is 2.24. The lowest BCUT2D eigenvalue weighted by atomic mass is 9.94. The summed E-state index contributed by atoms with van der Waals surface area (Å²) in [5.41, 5.74) is 5.81. The largest absolute Gasteiger partial charge is 0.356 e. The molecule has 0 aromatic heterocycles. The molecule has 16 heavy (non-hydrogen) atoms. The van der Waals surface area contributed by atoms with Crippen LogP contribution in [0.15, 0.2) is 12.2 Å². The summed E-state index contributed by atoms with van der Waals surface area (Å²) < 4.78 is 0. The van der Waals surface area contributed by atoms with Crippen LogP contribution in [0.3, 0.4) is 0 Å². The maximum atomic E-state index is 11.8. The van der Waals surface area contributed by atoms with Crippen molar-refractivity contribution in [2.24, 2.45) is 17.6 Å². The van der Waals surface area contributed by atoms with Crippen LogP contribution in [-0.2, 0) is 4.79 Å². The number of carbonyl (C=O) groups excluding carboxylic acids is 1. The van der Waals surface area contributed by atoms with Crippen LogP contribution in [0, 0.1) is 11.8 Å². The van der Waals surface area contributed by atoms with E-state index in [0.717, 1.165) is 38.6 Å². The Labute approximate surface area is 97.5 Å². The van der Waals surface area contributed by atoms with Crippen LogP contribution in [-0.4, -0.2) is 18.5 Å². The van der Waals surface area contributed by atoms with Crippen molar-refractivity contribution in [3.05, 3.63) is 12.2 Å². The van der Waals surface area contributed by atoms with Gasteiger partial charge in [-0.2, -0.15) is 0 Å². The summed E-state index contributed by atoms with van der Waals surface area (Å²) in [5.74, 6) is 1.04. The summed E-state index contributed by atoms with van der Waals surface area (Å²) in [4.78, 5) is 11.8. The molecule has 1 fully saturated rings. The molecule has 0 heterocycles. The van der Waals surface area contributed by atoms with E-state index in [1.807, 2.05) is 0 Å². The number of allylic oxidation sites excluding steroid dienone is 2. The van der Waals surface area contributed by atoms with E-state index in [2.05, 4.69) is 17.5 Å². The number of rotatable bonds is 3. The third-order valence-corrected chi connectivity index (χ3v) is 3.79. The molecule has 3 unspecified atom stereocenters. The third-order valence-electron chi connectivity index (χ3n) is 3.79. The van der Waals surface area contributed by atoms with E-state index in [4.69, 9.17) is 5.73 Å². The lowest BCUT2D eigenvalue weighted by Crippen LogP contribution is -2.34. The van der Waals surface area contributed by atoms with Gasteiger partial charge in [0.25, 0.3) is 0 Å². The molecule has 0 saturated heterocycles. The summed E-state index contributed by atoms with van der Waals surface area (Å²) in [7, 11) is 0. The molecule has 90 valence electrons. The molecule has 1 saturated carbocycles. The Hall–Kier alpha value is -0.830. The average molecular weight is 222 g/mol. The van der Waals surface area contributed by atoms with Gasteiger partial charge in [-0.25, -0.2) is 0 Å². The Bertz CT molecular complexity index is 275. The Morgan fingerprint density at radius 3 is 2.81 bits per heavy atom. The van der Waals surface area contributed by atoms with Crippen molar-refractivity contribution < 1.29 is 4.79 Å². The molecule has 0 spiro atoms. The van der Waals surface area contributed by atoms with Crippen molar-refractivity contribution >= 4 is 5.91 Å². The van der Waals surface area contributed by atoms with Crippen LogP contribution in [0.2, 0.25) is 0 Å². The monoisotopic (exact) mass is 222 g/mol. The van der Waals surface area contributed by atoms with Crippen molar-refractivity contribution in [1.29, 1.82) is 0 Å². The molecule has 0 aromatic rings. The molecular formula is C13H22N2O. The molecule has 0 radical (unpaired) electrons. The smallest absolute Gasteiger partial charge is 0.223 e. The number of hydrogen-bond acceptors (Lipinski definition) is 2. The van der Waals surface area contributed by atoms with Crippen LogP contribution in [0.5, 0.6) is 0 Å². The summed E-state index contributed by atoms with van der Waals surface area (Å²) >= 11 is 0. The fraction of sp³-hybridized carbons (Fsp3) is 0.769. The van der Waals surface area contributed by atoms with Crippen LogP contribution >= 0.6 is 0 Å².